The Hall–Kier alpha value is -4.37. The zero-order valence-corrected chi connectivity index (χ0v) is 20.7. The molecule has 2 N–H and O–H groups in total. The molecule has 1 aliphatic rings. The van der Waals surface area contributed by atoms with Gasteiger partial charge in [0.05, 0.1) is 29.4 Å². The van der Waals surface area contributed by atoms with Crippen LogP contribution in [-0.2, 0) is 16.8 Å². The molecule has 0 aromatic carbocycles. The lowest BCUT2D eigenvalue weighted by Crippen LogP contribution is -2.45. The van der Waals surface area contributed by atoms with E-state index in [1.807, 2.05) is 0 Å². The lowest BCUT2D eigenvalue weighted by atomic mass is 9.83. The van der Waals surface area contributed by atoms with E-state index in [4.69, 9.17) is 0 Å². The summed E-state index contributed by atoms with van der Waals surface area (Å²) in [4.78, 5) is 28.7. The van der Waals surface area contributed by atoms with E-state index in [0.717, 1.165) is 12.3 Å². The average Bonchev–Trinajstić information content (AvgIpc) is 3.34. The van der Waals surface area contributed by atoms with Crippen LogP contribution in [0.15, 0.2) is 30.6 Å². The molecule has 5 heterocycles. The molecule has 0 radical (unpaired) electrons. The number of hydrogen-bond acceptors (Lipinski definition) is 7. The number of carbonyl (C=O) groups is 1. The van der Waals surface area contributed by atoms with Gasteiger partial charge in [-0.1, -0.05) is 0 Å². The molecule has 5 rings (SSSR count). The maximum Gasteiger partial charge on any atom is 0.407 e. The first-order valence-electron chi connectivity index (χ1n) is 11.7. The number of nitrogens with zero attached hydrogens (tertiary/aromatic N) is 6. The fourth-order valence-electron chi connectivity index (χ4n) is 4.26. The summed E-state index contributed by atoms with van der Waals surface area (Å²) < 4.78 is 99.0. The molecular weight excluding hydrogens is 549 g/mol. The normalized spacial score (nSPS) is 17.3. The highest BCUT2D eigenvalue weighted by Crippen LogP contribution is 2.50. The van der Waals surface area contributed by atoms with Gasteiger partial charge in [0, 0.05) is 19.2 Å². The number of carbonyl (C=O) groups excluding carboxylic acids is 1. The quantitative estimate of drug-likeness (QED) is 0.307. The first-order valence-corrected chi connectivity index (χ1v) is 11.7. The molecule has 4 aromatic heterocycles. The van der Waals surface area contributed by atoms with Crippen LogP contribution in [-0.4, -0.2) is 54.3 Å². The van der Waals surface area contributed by atoms with E-state index in [0.29, 0.717) is 13.8 Å². The second-order valence-corrected chi connectivity index (χ2v) is 9.41. The zero-order valence-electron chi connectivity index (χ0n) is 20.7. The van der Waals surface area contributed by atoms with Crippen molar-refractivity contribution in [2.24, 2.45) is 0 Å². The standard InChI is InChI=1S/C24H19F7N8O/c1-22(27,28)5-7-33-17-15-18(37-21(40)23(15,2)24(29,30)31)36-19(35-17)16-12-8-11(25)9-34-20(12)39(38-16)10-14-13(26)4-3-6-32-14/h3-4,6,8-9H,5,7,10H2,1-2H3,(H2,33,35,36,37,40)/t23-/m1/s1. The smallest absolute Gasteiger partial charge is 0.369 e. The van der Waals surface area contributed by atoms with Gasteiger partial charge in [-0.15, -0.1) is 0 Å². The average molecular weight is 568 g/mol. The molecule has 210 valence electrons. The van der Waals surface area contributed by atoms with E-state index in [2.05, 4.69) is 35.7 Å². The minimum Gasteiger partial charge on any atom is -0.369 e. The van der Waals surface area contributed by atoms with Gasteiger partial charge in [-0.25, -0.2) is 37.2 Å². The van der Waals surface area contributed by atoms with Crippen molar-refractivity contribution in [1.29, 1.82) is 0 Å². The van der Waals surface area contributed by atoms with Crippen LogP contribution in [0.2, 0.25) is 0 Å². The fraction of sp³-hybridized carbons (Fsp3) is 0.333. The molecule has 40 heavy (non-hydrogen) atoms. The summed E-state index contributed by atoms with van der Waals surface area (Å²) in [5.74, 6) is -7.47. The van der Waals surface area contributed by atoms with Gasteiger partial charge in [0.1, 0.15) is 29.0 Å². The van der Waals surface area contributed by atoms with Crippen LogP contribution in [0.3, 0.4) is 0 Å². The molecule has 9 nitrogen and oxygen atoms in total. The van der Waals surface area contributed by atoms with Crippen LogP contribution in [0.1, 0.15) is 31.5 Å². The number of amides is 1. The van der Waals surface area contributed by atoms with Crippen molar-refractivity contribution in [3.05, 3.63) is 53.5 Å². The van der Waals surface area contributed by atoms with Gasteiger partial charge >= 0.3 is 6.18 Å². The molecule has 16 heteroatoms. The van der Waals surface area contributed by atoms with Crippen LogP contribution < -0.4 is 10.6 Å². The molecule has 0 bridgehead atoms. The second kappa shape index (κ2) is 9.38. The highest BCUT2D eigenvalue weighted by atomic mass is 19.4. The number of rotatable bonds is 7. The minimum atomic E-state index is -5.09. The van der Waals surface area contributed by atoms with Gasteiger partial charge in [0.25, 0.3) is 0 Å². The molecule has 4 aromatic rings. The summed E-state index contributed by atoms with van der Waals surface area (Å²) in [6.45, 7) is 0.507. The molecule has 0 unspecified atom stereocenters. The molecule has 0 saturated heterocycles. The maximum atomic E-state index is 14.3. The third kappa shape index (κ3) is 4.66. The summed E-state index contributed by atoms with van der Waals surface area (Å²) in [5, 5.41) is 8.87. The highest BCUT2D eigenvalue weighted by Gasteiger charge is 2.63. The van der Waals surface area contributed by atoms with Crippen molar-refractivity contribution in [3.8, 4) is 11.5 Å². The number of hydrogen-bond donors (Lipinski definition) is 2. The predicted molar refractivity (Wildman–Crippen MR) is 128 cm³/mol. The van der Waals surface area contributed by atoms with Crippen LogP contribution in [0.25, 0.3) is 22.6 Å². The van der Waals surface area contributed by atoms with Crippen LogP contribution >= 0.6 is 0 Å². The molecule has 1 atom stereocenters. The Balaban J connectivity index is 1.68. The molecule has 1 amide bonds. The number of alkyl halides is 5. The third-order valence-corrected chi connectivity index (χ3v) is 6.42. The first-order chi connectivity index (χ1) is 18.7. The summed E-state index contributed by atoms with van der Waals surface area (Å²) >= 11 is 0. The summed E-state index contributed by atoms with van der Waals surface area (Å²) in [6, 6.07) is 3.57. The van der Waals surface area contributed by atoms with Crippen LogP contribution in [0.5, 0.6) is 0 Å². The number of pyridine rings is 2. The van der Waals surface area contributed by atoms with E-state index in [1.165, 1.54) is 23.0 Å². The SMILES string of the molecule is CC(F)(F)CCNc1nc(-c2nn(Cc3ncccc3F)c3ncc(F)cc23)nc2c1[C@@](C)(C(F)(F)F)C(=O)N2. The monoisotopic (exact) mass is 568 g/mol. The topological polar surface area (TPSA) is 111 Å². The third-order valence-electron chi connectivity index (χ3n) is 6.42. The number of anilines is 2. The number of nitrogens with one attached hydrogen (secondary N) is 2. The van der Waals surface area contributed by atoms with Crippen molar-refractivity contribution >= 4 is 28.6 Å². The van der Waals surface area contributed by atoms with Crippen molar-refractivity contribution in [2.45, 2.75) is 44.3 Å². The van der Waals surface area contributed by atoms with Crippen molar-refractivity contribution < 1.29 is 35.5 Å². The van der Waals surface area contributed by atoms with Gasteiger partial charge < -0.3 is 10.6 Å². The van der Waals surface area contributed by atoms with E-state index >= 15 is 0 Å². The molecule has 0 saturated carbocycles. The summed E-state index contributed by atoms with van der Waals surface area (Å²) in [5.41, 5.74) is -3.93. The van der Waals surface area contributed by atoms with E-state index < -0.39 is 65.2 Å². The Morgan fingerprint density at radius 3 is 2.55 bits per heavy atom. The second-order valence-electron chi connectivity index (χ2n) is 9.41. The van der Waals surface area contributed by atoms with E-state index in [9.17, 15) is 35.5 Å². The maximum absolute atomic E-state index is 14.3. The molecule has 0 fully saturated rings. The van der Waals surface area contributed by atoms with Gasteiger partial charge in [-0.3, -0.25) is 9.78 Å². The molecule has 1 aliphatic heterocycles. The highest BCUT2D eigenvalue weighted by molar-refractivity contribution is 6.07. The van der Waals surface area contributed by atoms with Gasteiger partial charge in [-0.2, -0.15) is 18.3 Å². The van der Waals surface area contributed by atoms with Crippen molar-refractivity contribution in [1.82, 2.24) is 29.7 Å². The van der Waals surface area contributed by atoms with Crippen molar-refractivity contribution in [3.63, 3.8) is 0 Å². The zero-order chi connectivity index (χ0) is 29.0. The molecule has 0 aliphatic carbocycles. The number of fused-ring (bicyclic) bond motifs is 2. The molecule has 0 spiro atoms. The fourth-order valence-corrected chi connectivity index (χ4v) is 4.26. The Morgan fingerprint density at radius 1 is 1.12 bits per heavy atom. The predicted octanol–water partition coefficient (Wildman–Crippen LogP) is 4.84. The Kier molecular flexibility index (Phi) is 6.38. The van der Waals surface area contributed by atoms with Gasteiger partial charge in [-0.05, 0) is 32.0 Å². The van der Waals surface area contributed by atoms with Crippen LogP contribution in [0, 0.1) is 11.6 Å². The first kappa shape index (κ1) is 27.2. The summed E-state index contributed by atoms with van der Waals surface area (Å²) in [6.07, 6.45) is -3.62. The minimum absolute atomic E-state index is 0.0187. The lowest BCUT2D eigenvalue weighted by Gasteiger charge is -2.26. The van der Waals surface area contributed by atoms with Gasteiger partial charge in [0.2, 0.25) is 11.8 Å². The van der Waals surface area contributed by atoms with E-state index in [-0.39, 0.29) is 34.8 Å². The molecular formula is C24H19F7N8O. The van der Waals surface area contributed by atoms with Crippen LogP contribution in [0.4, 0.5) is 42.4 Å². The Morgan fingerprint density at radius 2 is 1.88 bits per heavy atom. The van der Waals surface area contributed by atoms with Crippen molar-refractivity contribution in [2.75, 3.05) is 17.2 Å². The largest absolute Gasteiger partial charge is 0.407 e. The number of halogens is 7. The Labute approximate surface area is 220 Å². The Bertz CT molecular complexity index is 1630. The van der Waals surface area contributed by atoms with E-state index in [1.54, 1.807) is 0 Å². The summed E-state index contributed by atoms with van der Waals surface area (Å²) in [7, 11) is 0. The van der Waals surface area contributed by atoms with Gasteiger partial charge in [0.15, 0.2) is 16.9 Å². The lowest BCUT2D eigenvalue weighted by molar-refractivity contribution is -0.186. The number of aromatic nitrogens is 6.